The van der Waals surface area contributed by atoms with Crippen molar-refractivity contribution < 1.29 is 0 Å². The summed E-state index contributed by atoms with van der Waals surface area (Å²) in [5.41, 5.74) is 7.50. The molecule has 0 amide bonds. The highest BCUT2D eigenvalue weighted by Gasteiger charge is 2.30. The minimum atomic E-state index is -1.60. The van der Waals surface area contributed by atoms with Crippen LogP contribution in [0.3, 0.4) is 0 Å². The number of hydrogen-bond donors (Lipinski definition) is 0. The van der Waals surface area contributed by atoms with E-state index < -0.39 is 25.3 Å². The van der Waals surface area contributed by atoms with Crippen LogP contribution < -0.4 is 0 Å². The van der Waals surface area contributed by atoms with Crippen molar-refractivity contribution >= 4 is 25.3 Å². The first-order chi connectivity index (χ1) is 8.28. The average molecular weight is 298 g/mol. The van der Waals surface area contributed by atoms with Gasteiger partial charge >= 0.3 is 0 Å². The third-order valence-corrected chi connectivity index (χ3v) is 16.0. The Kier molecular flexibility index (Phi) is 7.26. The topological polar surface area (TPSA) is 3.24 Å². The van der Waals surface area contributed by atoms with Crippen LogP contribution in [0.1, 0.15) is 20.8 Å². The van der Waals surface area contributed by atoms with E-state index in [2.05, 4.69) is 68.9 Å². The molecule has 104 valence electrons. The lowest BCUT2D eigenvalue weighted by Crippen LogP contribution is -2.50. The second-order valence-corrected chi connectivity index (χ2v) is 17.9. The lowest BCUT2D eigenvalue weighted by Gasteiger charge is -2.35. The molecule has 0 spiro atoms. The summed E-state index contributed by atoms with van der Waals surface area (Å²) < 4.78 is 2.53. The summed E-state index contributed by atoms with van der Waals surface area (Å²) in [5, 5.41) is 0. The second kappa shape index (κ2) is 7.37. The summed E-state index contributed by atoms with van der Waals surface area (Å²) in [5.74, 6) is 0. The number of nitrogens with zero attached hydrogens (tertiary/aromatic N) is 1. The van der Waals surface area contributed by atoms with Crippen LogP contribution in [0.4, 0.5) is 0 Å². The minimum Gasteiger partial charge on any atom is -0.424 e. The van der Waals surface area contributed by atoms with Crippen molar-refractivity contribution in [3.8, 4) is 11.1 Å². The molecule has 0 saturated carbocycles. The zero-order valence-electron chi connectivity index (χ0n) is 13.4. The van der Waals surface area contributed by atoms with E-state index >= 15 is 0 Å². The first kappa shape index (κ1) is 17.8. The highest BCUT2D eigenvalue weighted by molar-refractivity contribution is 6.93. The molecular weight excluding hydrogens is 266 g/mol. The second-order valence-electron chi connectivity index (χ2n) is 5.83. The fourth-order valence-electron chi connectivity index (χ4n) is 2.45. The van der Waals surface area contributed by atoms with Crippen molar-refractivity contribution in [1.82, 2.24) is 4.23 Å². The highest BCUT2D eigenvalue weighted by Crippen LogP contribution is 2.20. The van der Waals surface area contributed by atoms with Gasteiger partial charge in [-0.25, -0.2) is 0 Å². The average Bonchev–Trinajstić information content (AvgIpc) is 2.31. The molecule has 18 heavy (non-hydrogen) atoms. The Hall–Kier alpha value is -0.249. The molecule has 0 N–H and O–H groups in total. The molecule has 0 unspecified atom stereocenters. The van der Waals surface area contributed by atoms with Crippen molar-refractivity contribution in [3.05, 3.63) is 12.8 Å². The van der Waals surface area contributed by atoms with Gasteiger partial charge in [0.25, 0.3) is 0 Å². The van der Waals surface area contributed by atoms with E-state index in [0.717, 1.165) is 0 Å². The molecule has 0 aliphatic carbocycles. The van der Waals surface area contributed by atoms with Gasteiger partial charge in [-0.1, -0.05) is 40.4 Å². The lowest BCUT2D eigenvalue weighted by atomic mass is 10.9. The maximum Gasteiger partial charge on any atom is 0.222 e. The van der Waals surface area contributed by atoms with E-state index in [-0.39, 0.29) is 0 Å². The summed E-state index contributed by atoms with van der Waals surface area (Å²) in [6, 6.07) is 3.89. The van der Waals surface area contributed by atoms with E-state index in [1.165, 1.54) is 18.1 Å². The molecule has 0 aromatic rings. The zero-order chi connectivity index (χ0) is 14.4. The van der Waals surface area contributed by atoms with Gasteiger partial charge in [0.15, 0.2) is 0 Å². The summed E-state index contributed by atoms with van der Waals surface area (Å²) >= 11 is 0. The molecule has 0 aliphatic rings. The van der Waals surface area contributed by atoms with E-state index in [9.17, 15) is 0 Å². The maximum absolute atomic E-state index is 3.99. The quantitative estimate of drug-likeness (QED) is 0.524. The Bertz CT molecular complexity index is 313. The predicted molar refractivity (Wildman–Crippen MR) is 93.4 cm³/mol. The van der Waals surface area contributed by atoms with Crippen molar-refractivity contribution in [2.24, 2.45) is 0 Å². The Morgan fingerprint density at radius 1 is 1.06 bits per heavy atom. The summed E-state index contributed by atoms with van der Waals surface area (Å²) in [6.07, 6.45) is 2.05. The van der Waals surface area contributed by atoms with E-state index in [0.29, 0.717) is 0 Å². The van der Waals surface area contributed by atoms with Gasteiger partial charge < -0.3 is 4.23 Å². The van der Waals surface area contributed by atoms with Crippen LogP contribution in [-0.2, 0) is 0 Å². The molecule has 0 aromatic carbocycles. The van der Waals surface area contributed by atoms with Crippen molar-refractivity contribution in [1.29, 1.82) is 0 Å². The van der Waals surface area contributed by atoms with Gasteiger partial charge in [-0.15, -0.1) is 11.1 Å². The normalized spacial score (nSPS) is 12.0. The Balaban J connectivity index is 5.23. The number of hydrogen-bond acceptors (Lipinski definition) is 1. The van der Waals surface area contributed by atoms with Crippen LogP contribution in [-0.4, -0.2) is 29.5 Å². The molecule has 0 aliphatic heterocycles. The predicted octanol–water partition coefficient (Wildman–Crippen LogP) is 4.21. The molecular formula is C14H31NSi3. The molecule has 0 atom stereocenters. The third-order valence-electron chi connectivity index (χ3n) is 4.06. The highest BCUT2D eigenvalue weighted by atomic mass is 28.4. The Morgan fingerprint density at radius 2 is 1.50 bits per heavy atom. The van der Waals surface area contributed by atoms with Crippen molar-refractivity contribution in [3.63, 3.8) is 0 Å². The largest absolute Gasteiger partial charge is 0.424 e. The van der Waals surface area contributed by atoms with E-state index in [4.69, 9.17) is 0 Å². The maximum atomic E-state index is 3.99. The van der Waals surface area contributed by atoms with Crippen molar-refractivity contribution in [2.75, 3.05) is 0 Å². The standard InChI is InChI=1S/C14H31NSi3/c1-9-15(16(5)6)17(7,8)13-14-18(10-2,11-3)12-4/h9,16H,1,10-12H2,2-8H3. The van der Waals surface area contributed by atoms with Crippen molar-refractivity contribution in [2.45, 2.75) is 65.1 Å². The van der Waals surface area contributed by atoms with Crippen LogP contribution in [0.25, 0.3) is 0 Å². The summed E-state index contributed by atoms with van der Waals surface area (Å²) in [7, 11) is -3.73. The molecule has 0 radical (unpaired) electrons. The molecule has 4 heteroatoms. The zero-order valence-corrected chi connectivity index (χ0v) is 16.6. The fourth-order valence-corrected chi connectivity index (χ4v) is 13.1. The SMILES string of the molecule is C=CN([SiH](C)C)[Si](C)(C)C#C[Si](CC)(CC)CC. The third kappa shape index (κ3) is 4.45. The van der Waals surface area contributed by atoms with Gasteiger partial charge in [0.1, 0.15) is 17.0 Å². The van der Waals surface area contributed by atoms with Crippen LogP contribution in [0.5, 0.6) is 0 Å². The molecule has 0 bridgehead atoms. The summed E-state index contributed by atoms with van der Waals surface area (Å²) in [4.78, 5) is 0. The molecule has 0 heterocycles. The molecule has 1 nitrogen and oxygen atoms in total. The lowest BCUT2D eigenvalue weighted by molar-refractivity contribution is 0.876. The molecule has 0 fully saturated rings. The summed E-state index contributed by atoms with van der Waals surface area (Å²) in [6.45, 7) is 20.4. The van der Waals surface area contributed by atoms with Crippen LogP contribution >= 0.6 is 0 Å². The Labute approximate surface area is 118 Å². The van der Waals surface area contributed by atoms with E-state index in [1.807, 2.05) is 6.20 Å². The van der Waals surface area contributed by atoms with Gasteiger partial charge in [-0.05, 0) is 37.4 Å². The van der Waals surface area contributed by atoms with Crippen LogP contribution in [0, 0.1) is 11.1 Å². The van der Waals surface area contributed by atoms with Gasteiger partial charge in [-0.3, -0.25) is 0 Å². The van der Waals surface area contributed by atoms with Crippen LogP contribution in [0.15, 0.2) is 12.8 Å². The van der Waals surface area contributed by atoms with Gasteiger partial charge in [0, 0.05) is 0 Å². The smallest absolute Gasteiger partial charge is 0.222 e. The molecule has 0 rings (SSSR count). The first-order valence-corrected chi connectivity index (χ1v) is 15.6. The monoisotopic (exact) mass is 297 g/mol. The van der Waals surface area contributed by atoms with Gasteiger partial charge in [-0.2, -0.15) is 0 Å². The van der Waals surface area contributed by atoms with E-state index in [1.54, 1.807) is 0 Å². The fraction of sp³-hybridized carbons (Fsp3) is 0.714. The minimum absolute atomic E-state index is 0.833. The number of rotatable bonds is 6. The molecule has 0 saturated heterocycles. The molecule has 0 aromatic heterocycles. The first-order valence-electron chi connectivity index (χ1n) is 7.23. The van der Waals surface area contributed by atoms with Gasteiger partial charge in [0.05, 0.1) is 0 Å². The van der Waals surface area contributed by atoms with Crippen LogP contribution in [0.2, 0.25) is 44.3 Å². The Morgan fingerprint density at radius 3 is 1.78 bits per heavy atom. The van der Waals surface area contributed by atoms with Gasteiger partial charge in [0.2, 0.25) is 8.24 Å².